The number of nitrogens with zero attached hydrogens (tertiary/aromatic N) is 3. The summed E-state index contributed by atoms with van der Waals surface area (Å²) in [7, 11) is 1.65. The van der Waals surface area contributed by atoms with Gasteiger partial charge in [0.15, 0.2) is 0 Å². The van der Waals surface area contributed by atoms with Crippen molar-refractivity contribution in [3.8, 4) is 5.75 Å². The maximum absolute atomic E-state index is 13.0. The summed E-state index contributed by atoms with van der Waals surface area (Å²) in [6.45, 7) is 4.42. The number of nitrogens with one attached hydrogen (secondary N) is 1. The van der Waals surface area contributed by atoms with E-state index in [2.05, 4.69) is 17.1 Å². The summed E-state index contributed by atoms with van der Waals surface area (Å²) in [5.41, 5.74) is 0.210. The van der Waals surface area contributed by atoms with Crippen molar-refractivity contribution in [2.45, 2.75) is 38.1 Å². The molecule has 8 nitrogen and oxygen atoms in total. The number of methoxy groups -OCH3 is 1. The molecule has 1 saturated carbocycles. The molecule has 1 aliphatic carbocycles. The van der Waals surface area contributed by atoms with Gasteiger partial charge in [-0.3, -0.25) is 14.5 Å². The van der Waals surface area contributed by atoms with Crippen LogP contribution in [0.2, 0.25) is 0 Å². The molecule has 1 aromatic rings. The number of ether oxygens (including phenoxy) is 1. The Morgan fingerprint density at radius 3 is 2.47 bits per heavy atom. The van der Waals surface area contributed by atoms with Crippen LogP contribution >= 0.6 is 0 Å². The van der Waals surface area contributed by atoms with Crippen LogP contribution in [0, 0.1) is 5.92 Å². The molecule has 4 rings (SSSR count). The summed E-state index contributed by atoms with van der Waals surface area (Å²) in [6.07, 6.45) is 3.14. The first-order valence-corrected chi connectivity index (χ1v) is 10.7. The summed E-state index contributed by atoms with van der Waals surface area (Å²) in [5, 5.41) is 2.88. The van der Waals surface area contributed by atoms with Crippen molar-refractivity contribution in [1.82, 2.24) is 15.1 Å². The van der Waals surface area contributed by atoms with Crippen molar-refractivity contribution in [2.24, 2.45) is 5.92 Å². The molecule has 1 spiro atoms. The van der Waals surface area contributed by atoms with Crippen molar-refractivity contribution in [3.05, 3.63) is 24.3 Å². The highest BCUT2D eigenvalue weighted by Crippen LogP contribution is 2.36. The molecular formula is C22H30N4O4. The fourth-order valence-electron chi connectivity index (χ4n) is 4.74. The van der Waals surface area contributed by atoms with E-state index in [9.17, 15) is 14.4 Å². The van der Waals surface area contributed by atoms with Gasteiger partial charge in [0.25, 0.3) is 5.91 Å². The lowest BCUT2D eigenvalue weighted by molar-refractivity contribution is -0.139. The molecule has 3 aliphatic rings. The summed E-state index contributed by atoms with van der Waals surface area (Å²) in [6, 6.07) is 7.39. The molecule has 2 saturated heterocycles. The zero-order valence-corrected chi connectivity index (χ0v) is 17.7. The highest BCUT2D eigenvalue weighted by atomic mass is 16.5. The van der Waals surface area contributed by atoms with Crippen LogP contribution in [0.3, 0.4) is 0 Å². The summed E-state index contributed by atoms with van der Waals surface area (Å²) >= 11 is 0. The van der Waals surface area contributed by atoms with Gasteiger partial charge in [0.2, 0.25) is 5.91 Å². The van der Waals surface area contributed by atoms with E-state index in [1.807, 2.05) is 24.3 Å². The van der Waals surface area contributed by atoms with E-state index in [1.54, 1.807) is 12.0 Å². The third-order valence-corrected chi connectivity index (χ3v) is 6.73. The molecule has 0 atom stereocenters. The fraction of sp³-hybridized carbons (Fsp3) is 0.591. The summed E-state index contributed by atoms with van der Waals surface area (Å²) in [5.74, 6) is 0.957. The maximum Gasteiger partial charge on any atom is 0.325 e. The standard InChI is InChI=1S/C22H30N4O4/c1-16-7-9-22(10-8-16)20(28)26(21(29)23-22)15-19(27)25-13-11-24(12-14-25)17-5-3-4-6-18(17)30-2/h3-6,16H,7-15H2,1-2H3,(H,23,29). The Morgan fingerprint density at radius 1 is 1.13 bits per heavy atom. The van der Waals surface area contributed by atoms with Crippen molar-refractivity contribution in [2.75, 3.05) is 44.7 Å². The van der Waals surface area contributed by atoms with Gasteiger partial charge in [0, 0.05) is 26.2 Å². The Bertz CT molecular complexity index is 826. The molecule has 2 aliphatic heterocycles. The number of amides is 4. The van der Waals surface area contributed by atoms with Gasteiger partial charge in [-0.15, -0.1) is 0 Å². The molecular weight excluding hydrogens is 384 g/mol. The zero-order chi connectivity index (χ0) is 21.3. The second kappa shape index (κ2) is 8.16. The van der Waals surface area contributed by atoms with E-state index in [0.717, 1.165) is 29.2 Å². The fourth-order valence-corrected chi connectivity index (χ4v) is 4.74. The molecule has 3 fully saturated rings. The van der Waals surface area contributed by atoms with Gasteiger partial charge in [0.05, 0.1) is 12.8 Å². The topological polar surface area (TPSA) is 82.2 Å². The number of carbonyl (C=O) groups excluding carboxylic acids is 3. The normalized spacial score (nSPS) is 26.9. The van der Waals surface area contributed by atoms with E-state index >= 15 is 0 Å². The number of benzene rings is 1. The van der Waals surface area contributed by atoms with Crippen molar-refractivity contribution in [3.63, 3.8) is 0 Å². The van der Waals surface area contributed by atoms with E-state index in [-0.39, 0.29) is 18.4 Å². The van der Waals surface area contributed by atoms with Gasteiger partial charge in [-0.05, 0) is 43.7 Å². The molecule has 0 bridgehead atoms. The van der Waals surface area contributed by atoms with Crippen LogP contribution in [-0.4, -0.2) is 73.0 Å². The van der Waals surface area contributed by atoms with Crippen LogP contribution in [0.5, 0.6) is 5.75 Å². The predicted octanol–water partition coefficient (Wildman–Crippen LogP) is 1.84. The molecule has 8 heteroatoms. The molecule has 4 amide bonds. The molecule has 1 N–H and O–H groups in total. The average molecular weight is 415 g/mol. The Morgan fingerprint density at radius 2 is 1.80 bits per heavy atom. The Kier molecular flexibility index (Phi) is 5.58. The van der Waals surface area contributed by atoms with Gasteiger partial charge >= 0.3 is 6.03 Å². The highest BCUT2D eigenvalue weighted by molar-refractivity contribution is 6.09. The van der Waals surface area contributed by atoms with Gasteiger partial charge in [-0.25, -0.2) is 4.79 Å². The maximum atomic E-state index is 13.0. The van der Waals surface area contributed by atoms with Crippen molar-refractivity contribution >= 4 is 23.5 Å². The van der Waals surface area contributed by atoms with Crippen LogP contribution in [0.15, 0.2) is 24.3 Å². The number of para-hydroxylation sites is 2. The first kappa shape index (κ1) is 20.5. The predicted molar refractivity (Wildman–Crippen MR) is 112 cm³/mol. The highest BCUT2D eigenvalue weighted by Gasteiger charge is 2.52. The van der Waals surface area contributed by atoms with Gasteiger partial charge in [-0.2, -0.15) is 0 Å². The lowest BCUT2D eigenvalue weighted by Gasteiger charge is -2.37. The monoisotopic (exact) mass is 414 g/mol. The van der Waals surface area contributed by atoms with Crippen LogP contribution in [0.4, 0.5) is 10.5 Å². The van der Waals surface area contributed by atoms with Crippen molar-refractivity contribution < 1.29 is 19.1 Å². The molecule has 2 heterocycles. The average Bonchev–Trinajstić information content (AvgIpc) is 3.00. The van der Waals surface area contributed by atoms with E-state index in [1.165, 1.54) is 0 Å². The van der Waals surface area contributed by atoms with Crippen molar-refractivity contribution in [1.29, 1.82) is 0 Å². The second-order valence-electron chi connectivity index (χ2n) is 8.63. The second-order valence-corrected chi connectivity index (χ2v) is 8.63. The Labute approximate surface area is 177 Å². The minimum atomic E-state index is -0.799. The lowest BCUT2D eigenvalue weighted by Crippen LogP contribution is -2.52. The number of imide groups is 1. The molecule has 162 valence electrons. The number of hydrogen-bond donors (Lipinski definition) is 1. The molecule has 0 aromatic heterocycles. The number of piperazine rings is 1. The number of urea groups is 1. The Hall–Kier alpha value is -2.77. The van der Waals surface area contributed by atoms with E-state index < -0.39 is 11.6 Å². The third kappa shape index (κ3) is 3.70. The van der Waals surface area contributed by atoms with E-state index in [0.29, 0.717) is 44.9 Å². The lowest BCUT2D eigenvalue weighted by atomic mass is 9.77. The van der Waals surface area contributed by atoms with Crippen LogP contribution in [0.1, 0.15) is 32.6 Å². The molecule has 30 heavy (non-hydrogen) atoms. The number of carbonyl (C=O) groups is 3. The first-order chi connectivity index (χ1) is 14.4. The number of anilines is 1. The van der Waals surface area contributed by atoms with Gasteiger partial charge < -0.3 is 19.9 Å². The SMILES string of the molecule is COc1ccccc1N1CCN(C(=O)CN2C(=O)NC3(CCC(C)CC3)C2=O)CC1. The number of rotatable bonds is 4. The molecule has 0 radical (unpaired) electrons. The zero-order valence-electron chi connectivity index (χ0n) is 17.7. The first-order valence-electron chi connectivity index (χ1n) is 10.7. The quantitative estimate of drug-likeness (QED) is 0.761. The third-order valence-electron chi connectivity index (χ3n) is 6.73. The van der Waals surface area contributed by atoms with Crippen LogP contribution in [-0.2, 0) is 9.59 Å². The molecule has 0 unspecified atom stereocenters. The minimum Gasteiger partial charge on any atom is -0.495 e. The number of hydrogen-bond acceptors (Lipinski definition) is 5. The summed E-state index contributed by atoms with van der Waals surface area (Å²) < 4.78 is 5.44. The van der Waals surface area contributed by atoms with Gasteiger partial charge in [0.1, 0.15) is 17.8 Å². The van der Waals surface area contributed by atoms with E-state index in [4.69, 9.17) is 4.74 Å². The largest absolute Gasteiger partial charge is 0.495 e. The smallest absolute Gasteiger partial charge is 0.325 e. The van der Waals surface area contributed by atoms with Crippen LogP contribution in [0.25, 0.3) is 0 Å². The minimum absolute atomic E-state index is 0.181. The van der Waals surface area contributed by atoms with Gasteiger partial charge in [-0.1, -0.05) is 19.1 Å². The summed E-state index contributed by atoms with van der Waals surface area (Å²) in [4.78, 5) is 43.3. The van der Waals surface area contributed by atoms with Crippen LogP contribution < -0.4 is 15.0 Å². The molecule has 1 aromatic carbocycles. The Balaban J connectivity index is 1.35.